The molecule has 0 amide bonds. The van der Waals surface area contributed by atoms with Crippen molar-refractivity contribution in [3.63, 3.8) is 0 Å². The fourth-order valence-corrected chi connectivity index (χ4v) is 1.55. The molecular formula is C11H13BrN4O. The summed E-state index contributed by atoms with van der Waals surface area (Å²) in [7, 11) is 1.90. The lowest BCUT2D eigenvalue weighted by Gasteiger charge is -2.04. The molecule has 0 fully saturated rings. The topological polar surface area (TPSA) is 63.8 Å². The molecule has 0 aliphatic rings. The van der Waals surface area contributed by atoms with E-state index in [-0.39, 0.29) is 0 Å². The summed E-state index contributed by atoms with van der Waals surface area (Å²) < 4.78 is 6.09. The van der Waals surface area contributed by atoms with Crippen molar-refractivity contribution in [3.8, 4) is 11.6 Å². The Morgan fingerprint density at radius 2 is 2.29 bits per heavy atom. The Hall–Kier alpha value is -1.27. The van der Waals surface area contributed by atoms with E-state index in [2.05, 4.69) is 43.3 Å². The van der Waals surface area contributed by atoms with Gasteiger partial charge >= 0.3 is 0 Å². The van der Waals surface area contributed by atoms with Crippen LogP contribution < -0.4 is 5.32 Å². The Bertz CT molecular complexity index is 482. The van der Waals surface area contributed by atoms with Crippen molar-refractivity contribution in [3.05, 3.63) is 28.6 Å². The number of nitrogens with zero attached hydrogens (tertiary/aromatic N) is 3. The van der Waals surface area contributed by atoms with Crippen LogP contribution in [0.15, 0.2) is 27.3 Å². The molecule has 0 aliphatic heterocycles. The van der Waals surface area contributed by atoms with E-state index in [0.717, 1.165) is 10.9 Å². The number of hydrogen-bond donors (Lipinski definition) is 1. The number of hydrogen-bond acceptors (Lipinski definition) is 5. The van der Waals surface area contributed by atoms with E-state index in [1.54, 1.807) is 6.20 Å². The summed E-state index contributed by atoms with van der Waals surface area (Å²) in [5, 5.41) is 7.05. The molecule has 17 heavy (non-hydrogen) atoms. The van der Waals surface area contributed by atoms with Gasteiger partial charge in [-0.25, -0.2) is 4.98 Å². The van der Waals surface area contributed by atoms with Crippen LogP contribution in [-0.2, 0) is 6.42 Å². The molecule has 0 spiro atoms. The van der Waals surface area contributed by atoms with E-state index >= 15 is 0 Å². The molecule has 0 saturated heterocycles. The zero-order chi connectivity index (χ0) is 12.3. The number of aromatic nitrogens is 3. The minimum absolute atomic E-state index is 0.318. The molecule has 0 bridgehead atoms. The lowest BCUT2D eigenvalue weighted by molar-refractivity contribution is 0.417. The van der Waals surface area contributed by atoms with Crippen LogP contribution in [0.25, 0.3) is 11.6 Å². The van der Waals surface area contributed by atoms with Gasteiger partial charge in [0, 0.05) is 23.1 Å². The van der Waals surface area contributed by atoms with Gasteiger partial charge in [-0.2, -0.15) is 4.98 Å². The largest absolute Gasteiger partial charge is 0.332 e. The number of pyridine rings is 1. The maximum atomic E-state index is 5.17. The van der Waals surface area contributed by atoms with Gasteiger partial charge in [-0.1, -0.05) is 5.16 Å². The van der Waals surface area contributed by atoms with E-state index in [9.17, 15) is 0 Å². The Kier molecular flexibility index (Phi) is 3.86. The monoisotopic (exact) mass is 296 g/mol. The molecule has 2 aromatic heterocycles. The van der Waals surface area contributed by atoms with Gasteiger partial charge < -0.3 is 9.84 Å². The lowest BCUT2D eigenvalue weighted by Crippen LogP contribution is -2.24. The molecule has 5 nitrogen and oxygen atoms in total. The quantitative estimate of drug-likeness (QED) is 0.935. The summed E-state index contributed by atoms with van der Waals surface area (Å²) in [5.41, 5.74) is 0.684. The van der Waals surface area contributed by atoms with E-state index in [4.69, 9.17) is 4.52 Å². The first-order valence-corrected chi connectivity index (χ1v) is 6.10. The zero-order valence-corrected chi connectivity index (χ0v) is 11.2. The molecule has 6 heteroatoms. The summed E-state index contributed by atoms with van der Waals surface area (Å²) in [6.07, 6.45) is 2.44. The fourth-order valence-electron chi connectivity index (χ4n) is 1.32. The molecule has 0 aromatic carbocycles. The Morgan fingerprint density at radius 1 is 1.47 bits per heavy atom. The molecule has 0 radical (unpaired) electrons. The predicted octanol–water partition coefficient (Wildman–Crippen LogP) is 2.04. The smallest absolute Gasteiger partial charge is 0.276 e. The highest BCUT2D eigenvalue weighted by Crippen LogP contribution is 2.17. The zero-order valence-electron chi connectivity index (χ0n) is 9.64. The fraction of sp³-hybridized carbons (Fsp3) is 0.364. The average molecular weight is 297 g/mol. The standard InChI is InChI=1S/C11H13BrN4O/c1-7(13-2)5-10-15-11(17-16-10)9-4-3-8(12)6-14-9/h3-4,6-7,13H,5H2,1-2H3. The van der Waals surface area contributed by atoms with Crippen LogP contribution in [0.3, 0.4) is 0 Å². The molecule has 2 rings (SSSR count). The van der Waals surface area contributed by atoms with Crippen LogP contribution in [0.4, 0.5) is 0 Å². The molecule has 90 valence electrons. The maximum Gasteiger partial charge on any atom is 0.276 e. The number of rotatable bonds is 4. The summed E-state index contributed by atoms with van der Waals surface area (Å²) in [5.74, 6) is 1.14. The lowest BCUT2D eigenvalue weighted by atomic mass is 10.2. The van der Waals surface area contributed by atoms with Crippen molar-refractivity contribution in [2.24, 2.45) is 0 Å². The Labute approximate surface area is 108 Å². The van der Waals surface area contributed by atoms with Crippen LogP contribution in [-0.4, -0.2) is 28.2 Å². The van der Waals surface area contributed by atoms with Crippen LogP contribution in [0.1, 0.15) is 12.7 Å². The second kappa shape index (κ2) is 5.37. The van der Waals surface area contributed by atoms with Gasteiger partial charge in [-0.05, 0) is 42.0 Å². The highest BCUT2D eigenvalue weighted by Gasteiger charge is 2.11. The van der Waals surface area contributed by atoms with Gasteiger partial charge in [0.15, 0.2) is 5.82 Å². The van der Waals surface area contributed by atoms with Gasteiger partial charge in [-0.3, -0.25) is 0 Å². The summed E-state index contributed by atoms with van der Waals surface area (Å²) in [6.45, 7) is 2.06. The third-order valence-corrected chi connectivity index (χ3v) is 2.87. The maximum absolute atomic E-state index is 5.17. The van der Waals surface area contributed by atoms with Crippen molar-refractivity contribution in [2.75, 3.05) is 7.05 Å². The SMILES string of the molecule is CNC(C)Cc1noc(-c2ccc(Br)cn2)n1. The third-order valence-electron chi connectivity index (χ3n) is 2.40. The first kappa shape index (κ1) is 12.2. The minimum Gasteiger partial charge on any atom is -0.332 e. The molecule has 1 unspecified atom stereocenters. The Balaban J connectivity index is 2.15. The van der Waals surface area contributed by atoms with Gasteiger partial charge in [0.1, 0.15) is 5.69 Å². The van der Waals surface area contributed by atoms with Gasteiger partial charge in [-0.15, -0.1) is 0 Å². The number of halogens is 1. The van der Waals surface area contributed by atoms with Crippen molar-refractivity contribution in [1.82, 2.24) is 20.4 Å². The van der Waals surface area contributed by atoms with Crippen molar-refractivity contribution >= 4 is 15.9 Å². The Morgan fingerprint density at radius 3 is 2.94 bits per heavy atom. The van der Waals surface area contributed by atoms with Crippen molar-refractivity contribution in [1.29, 1.82) is 0 Å². The van der Waals surface area contributed by atoms with Crippen LogP contribution >= 0.6 is 15.9 Å². The normalized spacial score (nSPS) is 12.6. The average Bonchev–Trinajstić information content (AvgIpc) is 2.78. The summed E-state index contributed by atoms with van der Waals surface area (Å²) >= 11 is 3.33. The highest BCUT2D eigenvalue weighted by molar-refractivity contribution is 9.10. The minimum atomic E-state index is 0.318. The van der Waals surface area contributed by atoms with E-state index in [1.165, 1.54) is 0 Å². The summed E-state index contributed by atoms with van der Waals surface area (Å²) in [4.78, 5) is 8.50. The molecule has 2 heterocycles. The number of nitrogens with one attached hydrogen (secondary N) is 1. The van der Waals surface area contributed by atoms with Gasteiger partial charge in [0.25, 0.3) is 5.89 Å². The highest BCUT2D eigenvalue weighted by atomic mass is 79.9. The van der Waals surface area contributed by atoms with Crippen LogP contribution in [0, 0.1) is 0 Å². The first-order chi connectivity index (χ1) is 8.19. The van der Waals surface area contributed by atoms with E-state index < -0.39 is 0 Å². The molecular weight excluding hydrogens is 284 g/mol. The van der Waals surface area contributed by atoms with Crippen molar-refractivity contribution in [2.45, 2.75) is 19.4 Å². The summed E-state index contributed by atoms with van der Waals surface area (Å²) in [6, 6.07) is 4.05. The van der Waals surface area contributed by atoms with Gasteiger partial charge in [0.2, 0.25) is 0 Å². The van der Waals surface area contributed by atoms with E-state index in [0.29, 0.717) is 23.5 Å². The predicted molar refractivity (Wildman–Crippen MR) is 67.5 cm³/mol. The van der Waals surface area contributed by atoms with Crippen molar-refractivity contribution < 1.29 is 4.52 Å². The second-order valence-electron chi connectivity index (χ2n) is 3.77. The molecule has 0 saturated carbocycles. The molecule has 1 atom stereocenters. The van der Waals surface area contributed by atoms with Gasteiger partial charge in [0.05, 0.1) is 0 Å². The third kappa shape index (κ3) is 3.10. The first-order valence-electron chi connectivity index (χ1n) is 5.31. The number of likely N-dealkylation sites (N-methyl/N-ethyl adjacent to an activating group) is 1. The molecule has 0 aliphatic carbocycles. The molecule has 1 N–H and O–H groups in total. The van der Waals surface area contributed by atoms with E-state index in [1.807, 2.05) is 19.2 Å². The molecule has 2 aromatic rings. The van der Waals surface area contributed by atoms with Crippen LogP contribution in [0.2, 0.25) is 0 Å². The second-order valence-corrected chi connectivity index (χ2v) is 4.69. The van der Waals surface area contributed by atoms with Crippen LogP contribution in [0.5, 0.6) is 0 Å².